The van der Waals surface area contributed by atoms with E-state index in [9.17, 15) is 0 Å². The van der Waals surface area contributed by atoms with Gasteiger partial charge in [0.25, 0.3) is 0 Å². The average Bonchev–Trinajstić information content (AvgIpc) is 2.88. The van der Waals surface area contributed by atoms with E-state index in [1.165, 1.54) is 19.3 Å². The largest absolute Gasteiger partial charge is 0.103 e. The Morgan fingerprint density at radius 3 is 1.95 bits per heavy atom. The Hall–Kier alpha value is -0.260. The summed E-state index contributed by atoms with van der Waals surface area (Å²) in [7, 11) is 0. The molecule has 7 atom stereocenters. The molecule has 0 bridgehead atoms. The SMILES string of the molecule is C=CC.CCC1CCC2C(CCC3C2CC[C@H]3C)C1CC. The van der Waals surface area contributed by atoms with E-state index < -0.39 is 0 Å². The number of hydrogen-bond donors (Lipinski definition) is 0. The first kappa shape index (κ1) is 17.1. The van der Waals surface area contributed by atoms with E-state index in [4.69, 9.17) is 0 Å². The van der Waals surface area contributed by atoms with Crippen LogP contribution in [0.4, 0.5) is 0 Å². The van der Waals surface area contributed by atoms with Crippen molar-refractivity contribution in [1.82, 2.24) is 0 Å². The molecule has 0 nitrogen and oxygen atoms in total. The number of allylic oxidation sites excluding steroid dienone is 1. The van der Waals surface area contributed by atoms with Crippen molar-refractivity contribution in [2.45, 2.75) is 79.1 Å². The fraction of sp³-hybridized carbons (Fsp3) is 0.905. The van der Waals surface area contributed by atoms with Crippen LogP contribution in [0.2, 0.25) is 0 Å². The Bertz CT molecular complexity index is 316. The summed E-state index contributed by atoms with van der Waals surface area (Å²) < 4.78 is 0. The van der Waals surface area contributed by atoms with Crippen molar-refractivity contribution < 1.29 is 0 Å². The van der Waals surface area contributed by atoms with Gasteiger partial charge in [0.05, 0.1) is 0 Å². The summed E-state index contributed by atoms with van der Waals surface area (Å²) in [5.74, 6) is 7.66. The molecule has 0 heteroatoms. The van der Waals surface area contributed by atoms with Crippen LogP contribution in [0.5, 0.6) is 0 Å². The van der Waals surface area contributed by atoms with Gasteiger partial charge in [0.2, 0.25) is 0 Å². The van der Waals surface area contributed by atoms with E-state index in [-0.39, 0.29) is 0 Å². The predicted octanol–water partition coefficient (Wildman–Crippen LogP) is 6.71. The molecule has 0 heterocycles. The van der Waals surface area contributed by atoms with Crippen LogP contribution in [-0.2, 0) is 0 Å². The Morgan fingerprint density at radius 2 is 1.33 bits per heavy atom. The predicted molar refractivity (Wildman–Crippen MR) is 94.3 cm³/mol. The summed E-state index contributed by atoms with van der Waals surface area (Å²) in [6, 6.07) is 0. The minimum absolute atomic E-state index is 1.04. The molecule has 3 aliphatic carbocycles. The van der Waals surface area contributed by atoms with E-state index in [1.54, 1.807) is 38.2 Å². The van der Waals surface area contributed by atoms with Crippen LogP contribution in [0.25, 0.3) is 0 Å². The first-order valence-corrected chi connectivity index (χ1v) is 9.74. The average molecular weight is 291 g/mol. The van der Waals surface area contributed by atoms with Crippen LogP contribution < -0.4 is 0 Å². The van der Waals surface area contributed by atoms with Crippen LogP contribution in [0.15, 0.2) is 12.7 Å². The van der Waals surface area contributed by atoms with Gasteiger partial charge in [0.1, 0.15) is 0 Å². The van der Waals surface area contributed by atoms with Gasteiger partial charge in [0, 0.05) is 0 Å². The lowest BCUT2D eigenvalue weighted by Crippen LogP contribution is -2.42. The quantitative estimate of drug-likeness (QED) is 0.495. The maximum atomic E-state index is 3.36. The fourth-order valence-electron chi connectivity index (χ4n) is 6.33. The molecular weight excluding hydrogens is 252 g/mol. The number of hydrogen-bond acceptors (Lipinski definition) is 0. The van der Waals surface area contributed by atoms with E-state index in [0.717, 1.165) is 41.4 Å². The molecule has 0 N–H and O–H groups in total. The van der Waals surface area contributed by atoms with Crippen molar-refractivity contribution in [2.75, 3.05) is 0 Å². The molecule has 3 saturated carbocycles. The Morgan fingerprint density at radius 1 is 0.810 bits per heavy atom. The topological polar surface area (TPSA) is 0 Å². The van der Waals surface area contributed by atoms with Gasteiger partial charge >= 0.3 is 0 Å². The monoisotopic (exact) mass is 290 g/mol. The third-order valence-corrected chi connectivity index (χ3v) is 7.19. The zero-order valence-corrected chi connectivity index (χ0v) is 15.0. The van der Waals surface area contributed by atoms with Crippen molar-refractivity contribution >= 4 is 0 Å². The molecule has 0 aromatic rings. The molecule has 0 aliphatic heterocycles. The zero-order valence-electron chi connectivity index (χ0n) is 15.0. The highest BCUT2D eigenvalue weighted by molar-refractivity contribution is 4.98. The van der Waals surface area contributed by atoms with E-state index in [0.29, 0.717) is 0 Å². The van der Waals surface area contributed by atoms with Gasteiger partial charge in [-0.15, -0.1) is 6.58 Å². The molecule has 6 unspecified atom stereocenters. The van der Waals surface area contributed by atoms with Gasteiger partial charge < -0.3 is 0 Å². The van der Waals surface area contributed by atoms with Crippen LogP contribution in [0, 0.1) is 41.4 Å². The van der Waals surface area contributed by atoms with Gasteiger partial charge in [-0.25, -0.2) is 0 Å². The molecule has 3 fully saturated rings. The highest BCUT2D eigenvalue weighted by Crippen LogP contribution is 2.57. The lowest BCUT2D eigenvalue weighted by Gasteiger charge is -2.50. The highest BCUT2D eigenvalue weighted by atomic mass is 14.5. The third-order valence-electron chi connectivity index (χ3n) is 7.19. The molecular formula is C21H38. The lowest BCUT2D eigenvalue weighted by molar-refractivity contribution is -0.00975. The maximum absolute atomic E-state index is 3.36. The van der Waals surface area contributed by atoms with Crippen LogP contribution in [0.3, 0.4) is 0 Å². The molecule has 0 aromatic carbocycles. The second-order valence-corrected chi connectivity index (χ2v) is 8.01. The van der Waals surface area contributed by atoms with Crippen molar-refractivity contribution in [1.29, 1.82) is 0 Å². The van der Waals surface area contributed by atoms with Gasteiger partial charge in [0.15, 0.2) is 0 Å². The molecule has 122 valence electrons. The first-order chi connectivity index (χ1) is 10.2. The van der Waals surface area contributed by atoms with Crippen LogP contribution >= 0.6 is 0 Å². The molecule has 0 saturated heterocycles. The summed E-state index contributed by atoms with van der Waals surface area (Å²) >= 11 is 0. The zero-order chi connectivity index (χ0) is 15.4. The Kier molecular flexibility index (Phi) is 6.38. The Labute approximate surface area is 133 Å². The van der Waals surface area contributed by atoms with Crippen LogP contribution in [-0.4, -0.2) is 0 Å². The summed E-state index contributed by atoms with van der Waals surface area (Å²) in [4.78, 5) is 0. The normalized spacial score (nSPS) is 45.0. The molecule has 0 radical (unpaired) electrons. The minimum Gasteiger partial charge on any atom is -0.103 e. The fourth-order valence-corrected chi connectivity index (χ4v) is 6.33. The lowest BCUT2D eigenvalue weighted by atomic mass is 9.55. The molecule has 0 spiro atoms. The van der Waals surface area contributed by atoms with E-state index in [2.05, 4.69) is 27.4 Å². The number of rotatable bonds is 2. The van der Waals surface area contributed by atoms with Crippen molar-refractivity contribution in [3.8, 4) is 0 Å². The standard InChI is InChI=1S/C18H32.C3H6/c1-4-13-7-9-18-16(14(13)5-2)11-10-15-12(3)6-8-17(15)18;1-3-2/h12-18H,4-11H2,1-3H3;3H,1H2,2H3/t12-,13?,14?,15?,16?,17?,18?;/m1./s1. The summed E-state index contributed by atoms with van der Waals surface area (Å²) in [6.07, 6.45) is 14.0. The van der Waals surface area contributed by atoms with Crippen molar-refractivity contribution in [3.05, 3.63) is 12.7 Å². The van der Waals surface area contributed by atoms with Crippen molar-refractivity contribution in [3.63, 3.8) is 0 Å². The van der Waals surface area contributed by atoms with Gasteiger partial charge in [-0.3, -0.25) is 0 Å². The molecule has 0 amide bonds. The maximum Gasteiger partial charge on any atom is -0.0352 e. The molecule has 3 aliphatic rings. The first-order valence-electron chi connectivity index (χ1n) is 9.74. The van der Waals surface area contributed by atoms with Gasteiger partial charge in [-0.2, -0.15) is 0 Å². The number of fused-ring (bicyclic) bond motifs is 3. The van der Waals surface area contributed by atoms with Gasteiger partial charge in [-0.1, -0.05) is 46.1 Å². The molecule has 0 aromatic heterocycles. The Balaban J connectivity index is 0.000000497. The smallest absolute Gasteiger partial charge is 0.0352 e. The second-order valence-electron chi connectivity index (χ2n) is 8.01. The minimum atomic E-state index is 1.04. The summed E-state index contributed by atoms with van der Waals surface area (Å²) in [6.45, 7) is 12.7. The van der Waals surface area contributed by atoms with E-state index in [1.807, 2.05) is 6.92 Å². The molecule has 21 heavy (non-hydrogen) atoms. The van der Waals surface area contributed by atoms with Gasteiger partial charge in [-0.05, 0) is 80.5 Å². The second kappa shape index (κ2) is 7.84. The highest BCUT2D eigenvalue weighted by Gasteiger charge is 2.48. The summed E-state index contributed by atoms with van der Waals surface area (Å²) in [5, 5.41) is 0. The van der Waals surface area contributed by atoms with Crippen molar-refractivity contribution in [2.24, 2.45) is 41.4 Å². The van der Waals surface area contributed by atoms with E-state index >= 15 is 0 Å². The third kappa shape index (κ3) is 3.40. The van der Waals surface area contributed by atoms with Crippen LogP contribution in [0.1, 0.15) is 79.1 Å². The summed E-state index contributed by atoms with van der Waals surface area (Å²) in [5.41, 5.74) is 0. The molecule has 3 rings (SSSR count).